The molecule has 0 aliphatic rings. The smallest absolute Gasteiger partial charge is 0.127 e. The highest BCUT2D eigenvalue weighted by Crippen LogP contribution is 2.12. The van der Waals surface area contributed by atoms with E-state index in [4.69, 9.17) is 0 Å². The maximum atomic E-state index is 3.35. The van der Waals surface area contributed by atoms with E-state index >= 15 is 0 Å². The third-order valence-electron chi connectivity index (χ3n) is 2.40. The largest absolute Gasteiger partial charge is 0.129 e. The van der Waals surface area contributed by atoms with Crippen LogP contribution in [0.2, 0.25) is 19.6 Å². The van der Waals surface area contributed by atoms with Crippen molar-refractivity contribution in [3.05, 3.63) is 23.8 Å². The lowest BCUT2D eigenvalue weighted by atomic mass is 10.0. The maximum Gasteiger partial charge on any atom is 0.129 e. The summed E-state index contributed by atoms with van der Waals surface area (Å²) in [7, 11) is -1.19. The van der Waals surface area contributed by atoms with Gasteiger partial charge in [-0.15, -0.1) is 5.54 Å². The van der Waals surface area contributed by atoms with Gasteiger partial charge in [0.05, 0.1) is 0 Å². The van der Waals surface area contributed by atoms with Crippen molar-refractivity contribution in [3.63, 3.8) is 0 Å². The van der Waals surface area contributed by atoms with Crippen LogP contribution < -0.4 is 0 Å². The van der Waals surface area contributed by atoms with Crippen LogP contribution in [-0.2, 0) is 0 Å². The van der Waals surface area contributed by atoms with Crippen LogP contribution in [0.4, 0.5) is 0 Å². The van der Waals surface area contributed by atoms with Gasteiger partial charge in [-0.3, -0.25) is 0 Å². The van der Waals surface area contributed by atoms with Gasteiger partial charge in [0.15, 0.2) is 0 Å². The van der Waals surface area contributed by atoms with Gasteiger partial charge in [-0.1, -0.05) is 50.2 Å². The molecule has 0 aromatic rings. The summed E-state index contributed by atoms with van der Waals surface area (Å²) in [5.74, 6) is 3.93. The molecule has 0 nitrogen and oxygen atoms in total. The van der Waals surface area contributed by atoms with Crippen LogP contribution in [0.1, 0.15) is 40.0 Å². The molecule has 96 valence electrons. The van der Waals surface area contributed by atoms with Crippen molar-refractivity contribution in [3.8, 4) is 11.5 Å². The quantitative estimate of drug-likeness (QED) is 0.356. The lowest BCUT2D eigenvalue weighted by Gasteiger charge is -2.05. The third-order valence-corrected chi connectivity index (χ3v) is 3.29. The Hall–Kier alpha value is -0.743. The molecule has 0 heterocycles. The Morgan fingerprint density at radius 2 is 1.88 bits per heavy atom. The van der Waals surface area contributed by atoms with E-state index in [0.717, 1.165) is 12.3 Å². The lowest BCUT2D eigenvalue weighted by Crippen LogP contribution is -2.16. The van der Waals surface area contributed by atoms with Crippen LogP contribution in [0.25, 0.3) is 0 Å². The summed E-state index contributed by atoms with van der Waals surface area (Å²) in [6, 6.07) is 0. The lowest BCUT2D eigenvalue weighted by molar-refractivity contribution is 0.546. The van der Waals surface area contributed by atoms with Crippen molar-refractivity contribution >= 4 is 8.07 Å². The number of rotatable bonds is 5. The fourth-order valence-electron chi connectivity index (χ4n) is 1.39. The highest BCUT2D eigenvalue weighted by Gasteiger charge is 2.06. The highest BCUT2D eigenvalue weighted by atomic mass is 28.3. The van der Waals surface area contributed by atoms with Crippen LogP contribution in [0.3, 0.4) is 0 Å². The topological polar surface area (TPSA) is 0 Å². The van der Waals surface area contributed by atoms with Gasteiger partial charge in [0.1, 0.15) is 8.07 Å². The molecule has 0 saturated carbocycles. The van der Waals surface area contributed by atoms with Gasteiger partial charge < -0.3 is 0 Å². The summed E-state index contributed by atoms with van der Waals surface area (Å²) >= 11 is 0. The molecule has 0 rings (SSSR count). The van der Waals surface area contributed by atoms with Crippen LogP contribution in [0.5, 0.6) is 0 Å². The first-order valence-electron chi connectivity index (χ1n) is 6.62. The van der Waals surface area contributed by atoms with Gasteiger partial charge in [-0.05, 0) is 45.1 Å². The molecule has 1 heteroatoms. The molecule has 0 aliphatic heterocycles. The minimum atomic E-state index is -1.19. The van der Waals surface area contributed by atoms with Crippen LogP contribution in [0, 0.1) is 17.4 Å². The fourth-order valence-corrected chi connectivity index (χ4v) is 1.91. The molecule has 0 saturated heterocycles. The molecule has 0 fully saturated rings. The summed E-state index contributed by atoms with van der Waals surface area (Å²) in [4.78, 5) is 0. The average molecular weight is 248 g/mol. The van der Waals surface area contributed by atoms with E-state index in [1.165, 1.54) is 18.4 Å². The summed E-state index contributed by atoms with van der Waals surface area (Å²) in [6.45, 7) is 13.5. The minimum absolute atomic E-state index is 0.760. The molecule has 0 unspecified atom stereocenters. The van der Waals surface area contributed by atoms with Crippen LogP contribution >= 0.6 is 0 Å². The first kappa shape index (κ1) is 16.3. The zero-order valence-electron chi connectivity index (χ0n) is 12.4. The van der Waals surface area contributed by atoms with Crippen molar-refractivity contribution < 1.29 is 0 Å². The molecule has 0 aromatic heterocycles. The molecule has 17 heavy (non-hydrogen) atoms. The van der Waals surface area contributed by atoms with Gasteiger partial charge in [-0.25, -0.2) is 0 Å². The van der Waals surface area contributed by atoms with E-state index in [0.29, 0.717) is 0 Å². The van der Waals surface area contributed by atoms with E-state index in [1.807, 2.05) is 6.08 Å². The first-order valence-corrected chi connectivity index (χ1v) is 10.1. The van der Waals surface area contributed by atoms with Gasteiger partial charge in [-0.2, -0.15) is 0 Å². The van der Waals surface area contributed by atoms with E-state index in [9.17, 15) is 0 Å². The second kappa shape index (κ2) is 8.36. The molecule has 0 N–H and O–H groups in total. The predicted octanol–water partition coefficient (Wildman–Crippen LogP) is 5.20. The van der Waals surface area contributed by atoms with E-state index in [-0.39, 0.29) is 0 Å². The Kier molecular flexibility index (Phi) is 8.00. The van der Waals surface area contributed by atoms with Crippen LogP contribution in [-0.4, -0.2) is 8.07 Å². The van der Waals surface area contributed by atoms with E-state index in [2.05, 4.69) is 64.0 Å². The molecular weight excluding hydrogens is 220 g/mol. The Balaban J connectivity index is 3.83. The highest BCUT2D eigenvalue weighted by molar-refractivity contribution is 6.83. The van der Waals surface area contributed by atoms with Gasteiger partial charge in [0.2, 0.25) is 0 Å². The Morgan fingerprint density at radius 1 is 1.24 bits per heavy atom. The minimum Gasteiger partial charge on any atom is -0.127 e. The second-order valence-corrected chi connectivity index (χ2v) is 10.9. The van der Waals surface area contributed by atoms with Crippen molar-refractivity contribution in [2.75, 3.05) is 0 Å². The maximum absolute atomic E-state index is 3.35. The molecule has 0 aromatic carbocycles. The normalized spacial score (nSPS) is 13.1. The average Bonchev–Trinajstić information content (AvgIpc) is 2.14. The second-order valence-electron chi connectivity index (χ2n) is 6.12. The molecule has 0 amide bonds. The van der Waals surface area contributed by atoms with Crippen molar-refractivity contribution in [1.82, 2.24) is 0 Å². The predicted molar refractivity (Wildman–Crippen MR) is 82.7 cm³/mol. The summed E-state index contributed by atoms with van der Waals surface area (Å²) in [5, 5.41) is 0. The number of hydrogen-bond acceptors (Lipinski definition) is 0. The molecule has 0 aliphatic carbocycles. The van der Waals surface area contributed by atoms with Crippen LogP contribution in [0.15, 0.2) is 23.8 Å². The Morgan fingerprint density at radius 3 is 2.41 bits per heavy atom. The van der Waals surface area contributed by atoms with E-state index < -0.39 is 8.07 Å². The van der Waals surface area contributed by atoms with Gasteiger partial charge >= 0.3 is 0 Å². The SMILES string of the molecule is CC(C)=CCC[C@@H](C)C/C=C/C#C[Si](C)(C)C. The Bertz CT molecular complexity index is 314. The van der Waals surface area contributed by atoms with Crippen molar-refractivity contribution in [1.29, 1.82) is 0 Å². The van der Waals surface area contributed by atoms with Gasteiger partial charge in [0.25, 0.3) is 0 Å². The standard InChI is InChI=1S/C16H28Si/c1-15(2)11-10-13-16(3)12-8-7-9-14-17(4,5)6/h7-8,11,16H,10,12-13H2,1-6H3/b8-7+/t16-/m0/s1. The molecular formula is C16H28Si. The zero-order valence-corrected chi connectivity index (χ0v) is 13.4. The monoisotopic (exact) mass is 248 g/mol. The molecule has 0 radical (unpaired) electrons. The Labute approximate surface area is 109 Å². The van der Waals surface area contributed by atoms with Crippen molar-refractivity contribution in [2.24, 2.45) is 5.92 Å². The summed E-state index contributed by atoms with van der Waals surface area (Å²) in [6.07, 6.45) is 10.2. The third kappa shape index (κ3) is 13.2. The number of hydrogen-bond donors (Lipinski definition) is 0. The number of allylic oxidation sites excluding steroid dienone is 4. The molecule has 0 spiro atoms. The summed E-state index contributed by atoms with van der Waals surface area (Å²) < 4.78 is 0. The van der Waals surface area contributed by atoms with Gasteiger partial charge in [0, 0.05) is 0 Å². The van der Waals surface area contributed by atoms with E-state index in [1.54, 1.807) is 0 Å². The zero-order chi connectivity index (χ0) is 13.3. The first-order chi connectivity index (χ1) is 7.81. The summed E-state index contributed by atoms with van der Waals surface area (Å²) in [5.41, 5.74) is 4.77. The fraction of sp³-hybridized carbons (Fsp3) is 0.625. The van der Waals surface area contributed by atoms with Crippen molar-refractivity contribution in [2.45, 2.75) is 59.7 Å². The molecule has 0 bridgehead atoms. The molecule has 1 atom stereocenters.